The molecule has 45 heavy (non-hydrogen) atoms. The SMILES string of the molecule is C[C@@H]1CN(c2cc(F)c(-c3cnc(N4CCN(CC5CC5)CC4)nc3)cc2NC(=O)c2ccc(F)cc2C(F)(F)F)CCN1C. The Morgan fingerprint density at radius 1 is 0.956 bits per heavy atom. The quantitative estimate of drug-likeness (QED) is 0.353. The van der Waals surface area contributed by atoms with Crippen LogP contribution in [-0.2, 0) is 6.18 Å². The number of nitrogens with zero attached hydrogens (tertiary/aromatic N) is 6. The molecule has 1 aliphatic carbocycles. The summed E-state index contributed by atoms with van der Waals surface area (Å²) in [6, 6.07) is 4.68. The van der Waals surface area contributed by atoms with E-state index in [9.17, 15) is 22.4 Å². The van der Waals surface area contributed by atoms with Gasteiger partial charge in [0.2, 0.25) is 5.95 Å². The molecule has 1 N–H and O–H groups in total. The molecule has 13 heteroatoms. The lowest BCUT2D eigenvalue weighted by Gasteiger charge is -2.39. The second-order valence-electron chi connectivity index (χ2n) is 12.3. The summed E-state index contributed by atoms with van der Waals surface area (Å²) in [4.78, 5) is 30.9. The molecular weight excluding hydrogens is 593 g/mol. The number of hydrogen-bond acceptors (Lipinski definition) is 7. The van der Waals surface area contributed by atoms with Crippen LogP contribution in [0.3, 0.4) is 0 Å². The van der Waals surface area contributed by atoms with Crippen molar-refractivity contribution >= 4 is 23.2 Å². The van der Waals surface area contributed by atoms with E-state index in [0.29, 0.717) is 42.9 Å². The number of halogens is 5. The van der Waals surface area contributed by atoms with Crippen molar-refractivity contribution in [3.05, 3.63) is 65.5 Å². The van der Waals surface area contributed by atoms with Crippen LogP contribution in [0.5, 0.6) is 0 Å². The average molecular weight is 630 g/mol. The second-order valence-corrected chi connectivity index (χ2v) is 12.3. The highest BCUT2D eigenvalue weighted by molar-refractivity contribution is 6.07. The molecule has 0 radical (unpaired) electrons. The number of hydrogen-bond donors (Lipinski definition) is 1. The maximum absolute atomic E-state index is 15.8. The fourth-order valence-corrected chi connectivity index (χ4v) is 5.97. The fraction of sp³-hybridized carbons (Fsp3) is 0.469. The molecule has 1 saturated carbocycles. The zero-order valence-corrected chi connectivity index (χ0v) is 25.2. The molecule has 1 atom stereocenters. The number of likely N-dealkylation sites (N-methyl/N-ethyl adjacent to an activating group) is 1. The largest absolute Gasteiger partial charge is 0.417 e. The highest BCUT2D eigenvalue weighted by Crippen LogP contribution is 2.37. The van der Waals surface area contributed by atoms with Crippen LogP contribution < -0.4 is 15.1 Å². The first-order valence-electron chi connectivity index (χ1n) is 15.2. The van der Waals surface area contributed by atoms with Crippen LogP contribution in [-0.4, -0.2) is 91.1 Å². The van der Waals surface area contributed by atoms with Crippen LogP contribution in [0, 0.1) is 17.6 Å². The molecule has 3 aromatic rings. The zero-order valence-electron chi connectivity index (χ0n) is 25.2. The van der Waals surface area contributed by atoms with Gasteiger partial charge in [0.15, 0.2) is 0 Å². The Bertz CT molecular complexity index is 1540. The Morgan fingerprint density at radius 2 is 1.64 bits per heavy atom. The molecule has 3 aliphatic rings. The molecule has 3 heterocycles. The Labute approximate surface area is 258 Å². The van der Waals surface area contributed by atoms with Crippen molar-refractivity contribution in [3.8, 4) is 11.1 Å². The van der Waals surface area contributed by atoms with Gasteiger partial charge < -0.3 is 20.0 Å². The van der Waals surface area contributed by atoms with Crippen molar-refractivity contribution in [3.63, 3.8) is 0 Å². The van der Waals surface area contributed by atoms with E-state index in [4.69, 9.17) is 0 Å². The third kappa shape index (κ3) is 7.04. The third-order valence-corrected chi connectivity index (χ3v) is 8.98. The van der Waals surface area contributed by atoms with Crippen LogP contribution in [0.2, 0.25) is 0 Å². The number of piperazine rings is 2. The highest BCUT2D eigenvalue weighted by atomic mass is 19.4. The summed E-state index contributed by atoms with van der Waals surface area (Å²) in [5, 5.41) is 2.57. The normalized spacial score (nSPS) is 20.0. The summed E-state index contributed by atoms with van der Waals surface area (Å²) in [6.45, 7) is 8.26. The molecule has 6 rings (SSSR count). The van der Waals surface area contributed by atoms with E-state index >= 15 is 4.39 Å². The van der Waals surface area contributed by atoms with Crippen molar-refractivity contribution in [2.45, 2.75) is 32.0 Å². The second kappa shape index (κ2) is 12.5. The molecule has 8 nitrogen and oxygen atoms in total. The van der Waals surface area contributed by atoms with Crippen LogP contribution >= 0.6 is 0 Å². The molecule has 0 unspecified atom stereocenters. The lowest BCUT2D eigenvalue weighted by molar-refractivity contribution is -0.138. The fourth-order valence-electron chi connectivity index (χ4n) is 5.97. The Balaban J connectivity index is 1.29. The molecule has 0 bridgehead atoms. The molecule has 2 aromatic carbocycles. The van der Waals surface area contributed by atoms with E-state index in [1.807, 2.05) is 18.9 Å². The van der Waals surface area contributed by atoms with Gasteiger partial charge in [-0.1, -0.05) is 0 Å². The smallest absolute Gasteiger partial charge is 0.367 e. The summed E-state index contributed by atoms with van der Waals surface area (Å²) in [5.41, 5.74) is -1.22. The van der Waals surface area contributed by atoms with Gasteiger partial charge in [-0.2, -0.15) is 13.2 Å². The van der Waals surface area contributed by atoms with Gasteiger partial charge in [0.1, 0.15) is 11.6 Å². The lowest BCUT2D eigenvalue weighted by atomic mass is 10.0. The molecule has 1 amide bonds. The van der Waals surface area contributed by atoms with Gasteiger partial charge in [0.05, 0.1) is 22.5 Å². The minimum Gasteiger partial charge on any atom is -0.367 e. The number of carbonyl (C=O) groups is 1. The Hall–Kier alpha value is -3.84. The van der Waals surface area contributed by atoms with Gasteiger partial charge in [-0.25, -0.2) is 18.7 Å². The molecule has 2 aliphatic heterocycles. The number of nitrogens with one attached hydrogen (secondary N) is 1. The van der Waals surface area contributed by atoms with Gasteiger partial charge in [-0.15, -0.1) is 0 Å². The van der Waals surface area contributed by atoms with E-state index in [1.165, 1.54) is 37.4 Å². The lowest BCUT2D eigenvalue weighted by Crippen LogP contribution is -2.50. The first-order valence-corrected chi connectivity index (χ1v) is 15.2. The number of rotatable bonds is 7. The zero-order chi connectivity index (χ0) is 31.9. The molecular formula is C32H36F5N7O. The van der Waals surface area contributed by atoms with Gasteiger partial charge in [-0.05, 0) is 63.1 Å². The third-order valence-electron chi connectivity index (χ3n) is 8.98. The number of aromatic nitrogens is 2. The summed E-state index contributed by atoms with van der Waals surface area (Å²) in [6.07, 6.45) is 0.692. The average Bonchev–Trinajstić information content (AvgIpc) is 3.83. The van der Waals surface area contributed by atoms with Crippen molar-refractivity contribution in [1.29, 1.82) is 0 Å². The number of carbonyl (C=O) groups excluding carboxylic acids is 1. The summed E-state index contributed by atoms with van der Waals surface area (Å²) >= 11 is 0. The Morgan fingerprint density at radius 3 is 2.29 bits per heavy atom. The van der Waals surface area contributed by atoms with Crippen LogP contribution in [0.4, 0.5) is 39.3 Å². The van der Waals surface area contributed by atoms with E-state index < -0.39 is 34.8 Å². The first-order chi connectivity index (χ1) is 21.5. The number of anilines is 3. The molecule has 1 aromatic heterocycles. The number of benzene rings is 2. The van der Waals surface area contributed by atoms with E-state index in [0.717, 1.165) is 50.8 Å². The minimum absolute atomic E-state index is 0.0900. The maximum Gasteiger partial charge on any atom is 0.417 e. The molecule has 2 saturated heterocycles. The van der Waals surface area contributed by atoms with Gasteiger partial charge in [0, 0.05) is 81.9 Å². The predicted molar refractivity (Wildman–Crippen MR) is 162 cm³/mol. The first kappa shape index (κ1) is 31.2. The monoisotopic (exact) mass is 629 g/mol. The predicted octanol–water partition coefficient (Wildman–Crippen LogP) is 5.37. The highest BCUT2D eigenvalue weighted by Gasteiger charge is 2.36. The van der Waals surface area contributed by atoms with Gasteiger partial charge in [0.25, 0.3) is 5.91 Å². The topological polar surface area (TPSA) is 67.8 Å². The summed E-state index contributed by atoms with van der Waals surface area (Å²) in [5.74, 6) is -1.42. The van der Waals surface area contributed by atoms with Crippen LogP contribution in [0.15, 0.2) is 42.7 Å². The summed E-state index contributed by atoms with van der Waals surface area (Å²) < 4.78 is 70.7. The standard InChI is InChI=1S/C32H36F5N7O/c1-20-18-44(10-7-41(20)2)29-15-27(34)25(14-28(29)40-30(45)24-6-5-23(33)13-26(24)32(35,36)37)22-16-38-31(39-17-22)43-11-8-42(9-12-43)19-21-3-4-21/h5-6,13-17,20-21H,3-4,7-12,18-19H2,1-2H3,(H,40,45)/t20-/m1/s1. The molecule has 240 valence electrons. The van der Waals surface area contributed by atoms with E-state index in [2.05, 4.69) is 30.0 Å². The van der Waals surface area contributed by atoms with Crippen molar-refractivity contribution in [2.24, 2.45) is 5.92 Å². The van der Waals surface area contributed by atoms with Crippen LogP contribution in [0.25, 0.3) is 11.1 Å². The van der Waals surface area contributed by atoms with Crippen LogP contribution in [0.1, 0.15) is 35.7 Å². The minimum atomic E-state index is -4.96. The van der Waals surface area contributed by atoms with Gasteiger partial charge >= 0.3 is 6.18 Å². The number of amides is 1. The van der Waals surface area contributed by atoms with Crippen molar-refractivity contribution in [2.75, 3.05) is 74.5 Å². The van der Waals surface area contributed by atoms with E-state index in [-0.39, 0.29) is 17.3 Å². The van der Waals surface area contributed by atoms with Crippen molar-refractivity contribution < 1.29 is 26.7 Å². The number of alkyl halides is 3. The molecule has 3 fully saturated rings. The maximum atomic E-state index is 15.8. The van der Waals surface area contributed by atoms with E-state index in [1.54, 1.807) is 0 Å². The Kier molecular flexibility index (Phi) is 8.66. The van der Waals surface area contributed by atoms with Crippen molar-refractivity contribution in [1.82, 2.24) is 19.8 Å². The molecule has 0 spiro atoms. The van der Waals surface area contributed by atoms with Gasteiger partial charge in [-0.3, -0.25) is 9.69 Å². The summed E-state index contributed by atoms with van der Waals surface area (Å²) in [7, 11) is 1.97.